The minimum Gasteiger partial charge on any atom is -0.455 e. The number of rotatable bonds is 6. The molecule has 6 heteroatoms. The van der Waals surface area contributed by atoms with Gasteiger partial charge in [0.05, 0.1) is 16.3 Å². The molecule has 0 fully saturated rings. The number of aryl methyl sites for hydroxylation is 1. The summed E-state index contributed by atoms with van der Waals surface area (Å²) in [7, 11) is 0. The third kappa shape index (κ3) is 5.11. The van der Waals surface area contributed by atoms with Gasteiger partial charge in [0, 0.05) is 0 Å². The average molecular weight is 396 g/mol. The lowest BCUT2D eigenvalue weighted by atomic mass is 10.2. The summed E-state index contributed by atoms with van der Waals surface area (Å²) in [5.74, 6) is -0.0140. The first-order valence-electron chi connectivity index (χ1n) is 8.58. The molecule has 1 N–H and O–H groups in total. The number of hydrogen-bond donors (Lipinski definition) is 1. The number of carbonyl (C=O) groups excluding carboxylic acids is 2. The molecule has 0 bridgehead atoms. The average Bonchev–Trinajstić information content (AvgIpc) is 2.70. The molecule has 3 rings (SSSR count). The molecule has 1 amide bonds. The van der Waals surface area contributed by atoms with Gasteiger partial charge in [-0.3, -0.25) is 4.79 Å². The first-order chi connectivity index (χ1) is 13.5. The quantitative estimate of drug-likeness (QED) is 0.580. The van der Waals surface area contributed by atoms with Gasteiger partial charge in [-0.25, -0.2) is 4.79 Å². The van der Waals surface area contributed by atoms with Crippen molar-refractivity contribution in [1.82, 2.24) is 0 Å². The van der Waals surface area contributed by atoms with Crippen molar-refractivity contribution in [3.05, 3.63) is 88.9 Å². The number of esters is 1. The van der Waals surface area contributed by atoms with Gasteiger partial charge in [0.1, 0.15) is 5.75 Å². The van der Waals surface area contributed by atoms with Crippen LogP contribution < -0.4 is 10.1 Å². The molecule has 0 unspecified atom stereocenters. The number of nitrogens with one attached hydrogen (secondary N) is 1. The lowest BCUT2D eigenvalue weighted by Crippen LogP contribution is -2.21. The Labute approximate surface area is 167 Å². The largest absolute Gasteiger partial charge is 0.455 e. The van der Waals surface area contributed by atoms with Crippen molar-refractivity contribution in [2.24, 2.45) is 0 Å². The Morgan fingerprint density at radius 1 is 0.929 bits per heavy atom. The summed E-state index contributed by atoms with van der Waals surface area (Å²) < 4.78 is 10.9. The summed E-state index contributed by atoms with van der Waals surface area (Å²) in [4.78, 5) is 24.3. The lowest BCUT2D eigenvalue weighted by molar-refractivity contribution is -0.119. The van der Waals surface area contributed by atoms with Crippen molar-refractivity contribution in [2.45, 2.75) is 6.92 Å². The second-order valence-electron chi connectivity index (χ2n) is 6.02. The molecule has 0 saturated carbocycles. The number of hydrogen-bond acceptors (Lipinski definition) is 4. The van der Waals surface area contributed by atoms with Crippen LogP contribution in [0, 0.1) is 6.92 Å². The lowest BCUT2D eigenvalue weighted by Gasteiger charge is -2.12. The number of carbonyl (C=O) groups is 2. The summed E-state index contributed by atoms with van der Waals surface area (Å²) >= 11 is 5.95. The van der Waals surface area contributed by atoms with E-state index in [0.717, 1.165) is 5.56 Å². The highest BCUT2D eigenvalue weighted by Crippen LogP contribution is 2.29. The van der Waals surface area contributed by atoms with Crippen LogP contribution in [0.2, 0.25) is 5.02 Å². The Bertz CT molecular complexity index is 986. The molecule has 28 heavy (non-hydrogen) atoms. The van der Waals surface area contributed by atoms with E-state index in [4.69, 9.17) is 21.1 Å². The van der Waals surface area contributed by atoms with Crippen molar-refractivity contribution in [2.75, 3.05) is 11.9 Å². The fraction of sp³-hybridized carbons (Fsp3) is 0.0909. The van der Waals surface area contributed by atoms with Gasteiger partial charge in [-0.15, -0.1) is 0 Å². The van der Waals surface area contributed by atoms with Gasteiger partial charge < -0.3 is 14.8 Å². The zero-order valence-electron chi connectivity index (χ0n) is 15.1. The zero-order chi connectivity index (χ0) is 19.9. The first kappa shape index (κ1) is 19.5. The van der Waals surface area contributed by atoms with Crippen LogP contribution >= 0.6 is 11.6 Å². The van der Waals surface area contributed by atoms with E-state index in [1.54, 1.807) is 42.5 Å². The van der Waals surface area contributed by atoms with Crippen molar-refractivity contribution < 1.29 is 19.1 Å². The van der Waals surface area contributed by atoms with E-state index in [1.807, 2.05) is 31.2 Å². The molecule has 0 radical (unpaired) electrons. The molecule has 3 aromatic rings. The van der Waals surface area contributed by atoms with Gasteiger partial charge in [-0.1, -0.05) is 53.6 Å². The van der Waals surface area contributed by atoms with E-state index in [2.05, 4.69) is 5.32 Å². The Morgan fingerprint density at radius 2 is 1.61 bits per heavy atom. The topological polar surface area (TPSA) is 64.6 Å². The van der Waals surface area contributed by atoms with Gasteiger partial charge >= 0.3 is 5.97 Å². The van der Waals surface area contributed by atoms with E-state index in [1.165, 1.54) is 6.07 Å². The summed E-state index contributed by atoms with van der Waals surface area (Å²) in [6.07, 6.45) is 0. The summed E-state index contributed by atoms with van der Waals surface area (Å²) in [6.45, 7) is 1.55. The van der Waals surface area contributed by atoms with Gasteiger partial charge in [-0.05, 0) is 43.3 Å². The molecular weight excluding hydrogens is 378 g/mol. The van der Waals surface area contributed by atoms with E-state index in [9.17, 15) is 9.59 Å². The SMILES string of the molecule is Cc1ccc(Oc2ccccc2NC(=O)COC(=O)c2ccccc2Cl)cc1. The fourth-order valence-electron chi connectivity index (χ4n) is 2.41. The fourth-order valence-corrected chi connectivity index (χ4v) is 2.63. The Morgan fingerprint density at radius 3 is 2.36 bits per heavy atom. The standard InChI is InChI=1S/C22H18ClNO4/c1-15-10-12-16(13-11-15)28-20-9-5-4-8-19(20)24-21(25)14-27-22(26)17-6-2-3-7-18(17)23/h2-13H,14H2,1H3,(H,24,25). The molecule has 0 spiro atoms. The Kier molecular flexibility index (Phi) is 6.29. The molecule has 0 aliphatic rings. The van der Waals surface area contributed by atoms with Gasteiger partial charge in [0.25, 0.3) is 5.91 Å². The highest BCUT2D eigenvalue weighted by Gasteiger charge is 2.14. The van der Waals surface area contributed by atoms with E-state index < -0.39 is 18.5 Å². The zero-order valence-corrected chi connectivity index (χ0v) is 15.9. The van der Waals surface area contributed by atoms with Crippen LogP contribution in [-0.2, 0) is 9.53 Å². The predicted molar refractivity (Wildman–Crippen MR) is 108 cm³/mol. The molecule has 142 valence electrons. The highest BCUT2D eigenvalue weighted by molar-refractivity contribution is 6.33. The summed E-state index contributed by atoms with van der Waals surface area (Å²) in [6, 6.07) is 21.1. The van der Waals surface area contributed by atoms with Crippen LogP contribution in [0.5, 0.6) is 11.5 Å². The molecular formula is C22H18ClNO4. The van der Waals surface area contributed by atoms with E-state index in [-0.39, 0.29) is 10.6 Å². The molecule has 0 heterocycles. The van der Waals surface area contributed by atoms with Crippen LogP contribution in [-0.4, -0.2) is 18.5 Å². The Balaban J connectivity index is 1.62. The van der Waals surface area contributed by atoms with Crippen LogP contribution in [0.25, 0.3) is 0 Å². The molecule has 5 nitrogen and oxygen atoms in total. The van der Waals surface area contributed by atoms with Gasteiger partial charge in [0.2, 0.25) is 0 Å². The summed E-state index contributed by atoms with van der Waals surface area (Å²) in [5, 5.41) is 2.96. The number of halogens is 1. The maximum Gasteiger partial charge on any atom is 0.340 e. The number of anilines is 1. The van der Waals surface area contributed by atoms with Gasteiger partial charge in [0.15, 0.2) is 12.4 Å². The molecule has 0 aliphatic carbocycles. The molecule has 3 aromatic carbocycles. The molecule has 0 aromatic heterocycles. The number of ether oxygens (including phenoxy) is 2. The van der Waals surface area contributed by atoms with Crippen LogP contribution in [0.1, 0.15) is 15.9 Å². The third-order valence-electron chi connectivity index (χ3n) is 3.84. The van der Waals surface area contributed by atoms with Crippen LogP contribution in [0.4, 0.5) is 5.69 Å². The second kappa shape index (κ2) is 9.06. The second-order valence-corrected chi connectivity index (χ2v) is 6.42. The Hall–Kier alpha value is -3.31. The van der Waals surface area contributed by atoms with Crippen molar-refractivity contribution >= 4 is 29.2 Å². The number of amides is 1. The third-order valence-corrected chi connectivity index (χ3v) is 4.17. The predicted octanol–water partition coefficient (Wildman–Crippen LogP) is 5.24. The monoisotopic (exact) mass is 395 g/mol. The molecule has 0 saturated heterocycles. The molecule has 0 aliphatic heterocycles. The van der Waals surface area contributed by atoms with Crippen molar-refractivity contribution in [1.29, 1.82) is 0 Å². The normalized spacial score (nSPS) is 10.2. The minimum atomic E-state index is -0.662. The number of para-hydroxylation sites is 2. The number of benzene rings is 3. The van der Waals surface area contributed by atoms with Crippen molar-refractivity contribution in [3.8, 4) is 11.5 Å². The maximum absolute atomic E-state index is 12.2. The van der Waals surface area contributed by atoms with Gasteiger partial charge in [-0.2, -0.15) is 0 Å². The van der Waals surface area contributed by atoms with Crippen LogP contribution in [0.3, 0.4) is 0 Å². The van der Waals surface area contributed by atoms with E-state index in [0.29, 0.717) is 17.2 Å². The van der Waals surface area contributed by atoms with E-state index >= 15 is 0 Å². The maximum atomic E-state index is 12.2. The first-order valence-corrected chi connectivity index (χ1v) is 8.96. The smallest absolute Gasteiger partial charge is 0.340 e. The highest BCUT2D eigenvalue weighted by atomic mass is 35.5. The van der Waals surface area contributed by atoms with Crippen LogP contribution in [0.15, 0.2) is 72.8 Å². The minimum absolute atomic E-state index is 0.208. The van der Waals surface area contributed by atoms with Crippen molar-refractivity contribution in [3.63, 3.8) is 0 Å². The molecule has 0 atom stereocenters. The summed E-state index contributed by atoms with van der Waals surface area (Å²) in [5.41, 5.74) is 1.80.